The van der Waals surface area contributed by atoms with Crippen molar-refractivity contribution in [2.24, 2.45) is 34.0 Å². The minimum Gasteiger partial charge on any atom is -0.493 e. The predicted molar refractivity (Wildman–Crippen MR) is 245 cm³/mol. The second kappa shape index (κ2) is 18.3. The number of carbonyl (C=O) groups excluding carboxylic acids is 1. The van der Waals surface area contributed by atoms with Crippen molar-refractivity contribution < 1.29 is 14.3 Å². The molecule has 7 nitrogen and oxygen atoms in total. The van der Waals surface area contributed by atoms with E-state index in [0.717, 1.165) is 37.0 Å². The van der Waals surface area contributed by atoms with E-state index in [1.165, 1.54) is 54.4 Å². The molecule has 5 rings (SSSR count). The fraction of sp³-hybridized carbons (Fsp3) is 0.635. The maximum Gasteiger partial charge on any atom is 0.331 e. The molecule has 0 bridgehead atoms. The number of aryl methyl sites for hydroxylation is 1. The number of benzene rings is 2. The minimum absolute atomic E-state index is 0.00254. The van der Waals surface area contributed by atoms with E-state index < -0.39 is 5.97 Å². The van der Waals surface area contributed by atoms with Gasteiger partial charge in [0.15, 0.2) is 11.5 Å². The number of nitrogens with one attached hydrogen (secondary N) is 1. The summed E-state index contributed by atoms with van der Waals surface area (Å²) in [5.41, 5.74) is 6.80. The average Bonchev–Trinajstić information content (AvgIpc) is 3.69. The van der Waals surface area contributed by atoms with Crippen LogP contribution >= 0.6 is 0 Å². The van der Waals surface area contributed by atoms with E-state index in [-0.39, 0.29) is 50.9 Å². The molecule has 0 amide bonds. The molecule has 1 aliphatic carbocycles. The summed E-state index contributed by atoms with van der Waals surface area (Å²) >= 11 is 0. The summed E-state index contributed by atoms with van der Waals surface area (Å²) in [6.45, 7) is 40.6. The summed E-state index contributed by atoms with van der Waals surface area (Å²) in [5, 5.41) is 3.39. The van der Waals surface area contributed by atoms with E-state index >= 15 is 0 Å². The van der Waals surface area contributed by atoms with Crippen molar-refractivity contribution in [2.75, 3.05) is 6.61 Å². The summed E-state index contributed by atoms with van der Waals surface area (Å²) in [4.78, 5) is 23.1. The molecule has 1 N–H and O–H groups in total. The predicted octanol–water partition coefficient (Wildman–Crippen LogP) is 14.5. The molecule has 2 heterocycles. The molecule has 0 aliphatic heterocycles. The van der Waals surface area contributed by atoms with Crippen LogP contribution < -0.4 is 4.74 Å². The molecular weight excluding hydrogens is 729 g/mol. The number of ether oxygens (including phenoxy) is 2. The second-order valence-electron chi connectivity index (χ2n) is 22.0. The van der Waals surface area contributed by atoms with Gasteiger partial charge in [0.05, 0.1) is 13.2 Å². The average molecular weight is 805 g/mol. The van der Waals surface area contributed by atoms with Crippen LogP contribution in [0.15, 0.2) is 42.6 Å². The smallest absolute Gasteiger partial charge is 0.331 e. The summed E-state index contributed by atoms with van der Waals surface area (Å²) in [7, 11) is 0. The Labute approximate surface area is 357 Å². The Kier molecular flexibility index (Phi) is 14.3. The first-order chi connectivity index (χ1) is 27.5. The third-order valence-corrected chi connectivity index (χ3v) is 12.9. The number of hydrogen-bond acceptors (Lipinski definition) is 4. The maximum atomic E-state index is 14.4. The molecule has 0 radical (unpaired) electrons. The fourth-order valence-corrected chi connectivity index (χ4v) is 9.87. The summed E-state index contributed by atoms with van der Waals surface area (Å²) in [6.07, 6.45) is 12.6. The fourth-order valence-electron chi connectivity index (χ4n) is 9.87. The molecule has 2 atom stereocenters. The number of fused-ring (bicyclic) bond motifs is 1. The second-order valence-corrected chi connectivity index (χ2v) is 22.0. The lowest BCUT2D eigenvalue weighted by Gasteiger charge is -2.50. The first-order valence-corrected chi connectivity index (χ1v) is 22.6. The molecular formula is C52H76N4O3. The largest absolute Gasteiger partial charge is 0.493 e. The summed E-state index contributed by atoms with van der Waals surface area (Å²) < 4.78 is 14.8. The number of rotatable bonds is 15. The van der Waals surface area contributed by atoms with Gasteiger partial charge < -0.3 is 9.47 Å². The van der Waals surface area contributed by atoms with E-state index in [1.54, 1.807) is 10.7 Å². The minimum atomic E-state index is -0.466. The highest BCUT2D eigenvalue weighted by Crippen LogP contribution is 2.50. The Hall–Kier alpha value is -4.05. The highest BCUT2D eigenvalue weighted by Gasteiger charge is 2.48. The van der Waals surface area contributed by atoms with Gasteiger partial charge in [0.25, 0.3) is 0 Å². The van der Waals surface area contributed by atoms with Gasteiger partial charge in [0.1, 0.15) is 17.4 Å². The molecule has 322 valence electrons. The molecule has 59 heavy (non-hydrogen) atoms. The number of esters is 1. The quantitative estimate of drug-likeness (QED) is 0.0738. The van der Waals surface area contributed by atoms with Crippen LogP contribution in [0.5, 0.6) is 5.75 Å². The topological polar surface area (TPSA) is 73.0 Å². The van der Waals surface area contributed by atoms with Crippen molar-refractivity contribution in [3.05, 3.63) is 81.8 Å². The molecule has 4 aromatic rings. The number of carbonyl (C=O) groups is 1. The van der Waals surface area contributed by atoms with Crippen LogP contribution in [0, 0.1) is 47.5 Å². The lowest BCUT2D eigenvalue weighted by molar-refractivity contribution is -0.0922. The number of nitrogens with zero attached hydrogens (tertiary/aromatic N) is 3. The molecule has 1 aliphatic rings. The highest BCUT2D eigenvalue weighted by atomic mass is 16.5. The van der Waals surface area contributed by atoms with Gasteiger partial charge in [-0.3, -0.25) is 9.61 Å². The van der Waals surface area contributed by atoms with E-state index in [4.69, 9.17) is 21.0 Å². The zero-order valence-electron chi connectivity index (χ0n) is 39.2. The Morgan fingerprint density at radius 3 is 2.14 bits per heavy atom. The third kappa shape index (κ3) is 11.4. The van der Waals surface area contributed by atoms with Gasteiger partial charge in [-0.25, -0.2) is 14.6 Å². The van der Waals surface area contributed by atoms with Crippen LogP contribution in [0.1, 0.15) is 180 Å². The van der Waals surface area contributed by atoms with Crippen molar-refractivity contribution >= 4 is 17.3 Å². The summed E-state index contributed by atoms with van der Waals surface area (Å²) in [5.74, 6) is 2.06. The van der Waals surface area contributed by atoms with Crippen molar-refractivity contribution in [2.45, 2.75) is 173 Å². The molecule has 2 unspecified atom stereocenters. The zero-order valence-corrected chi connectivity index (χ0v) is 39.2. The van der Waals surface area contributed by atoms with Gasteiger partial charge in [-0.1, -0.05) is 146 Å². The van der Waals surface area contributed by atoms with Gasteiger partial charge in [-0.05, 0) is 94.6 Å². The van der Waals surface area contributed by atoms with Crippen LogP contribution in [0.2, 0.25) is 0 Å². The Bertz CT molecular complexity index is 2070. The number of hydrogen-bond donors (Lipinski definition) is 1. The number of H-pyrrole nitrogens is 1. The normalized spacial score (nSPS) is 19.2. The van der Waals surface area contributed by atoms with Gasteiger partial charge in [0.2, 0.25) is 5.69 Å². The van der Waals surface area contributed by atoms with E-state index in [9.17, 15) is 4.79 Å². The molecule has 0 spiro atoms. The Morgan fingerprint density at radius 2 is 1.53 bits per heavy atom. The summed E-state index contributed by atoms with van der Waals surface area (Å²) in [6, 6.07) is 13.3. The molecule has 1 saturated carbocycles. The van der Waals surface area contributed by atoms with E-state index in [0.29, 0.717) is 30.4 Å². The Morgan fingerprint density at radius 1 is 0.881 bits per heavy atom. The number of aromatic amines is 1. The third-order valence-electron chi connectivity index (χ3n) is 12.9. The van der Waals surface area contributed by atoms with Crippen molar-refractivity contribution in [3.8, 4) is 17.1 Å². The number of aromatic nitrogens is 3. The SMILES string of the molecule is [C-]#[N+]c1cn2[nH]c(-c3ccc(C)c(Cc4cc(C(C)(C)CC(C)(C)C)ccc4OCCCCCCCC)c3)nc2c1C(=O)OC1C(C(C)(C)C)CC(C)CC1C(C)(C)C. The van der Waals surface area contributed by atoms with Gasteiger partial charge in [-0.15, -0.1) is 0 Å². The molecule has 1 fully saturated rings. The first kappa shape index (κ1) is 46.0. The van der Waals surface area contributed by atoms with E-state index in [1.807, 2.05) is 0 Å². The Balaban J connectivity index is 1.47. The van der Waals surface area contributed by atoms with Gasteiger partial charge in [-0.2, -0.15) is 0 Å². The molecule has 2 aromatic heterocycles. The zero-order chi connectivity index (χ0) is 43.5. The molecule has 0 saturated heterocycles. The van der Waals surface area contributed by atoms with Crippen LogP contribution in [-0.2, 0) is 16.6 Å². The molecule has 2 aromatic carbocycles. The van der Waals surface area contributed by atoms with Crippen LogP contribution in [0.3, 0.4) is 0 Å². The first-order valence-electron chi connectivity index (χ1n) is 22.6. The lowest BCUT2D eigenvalue weighted by Crippen LogP contribution is -2.49. The standard InChI is InChI=1S/C52H76N4O3/c1-16-17-18-19-20-21-26-58-43-25-24-39(52(13,14)33-49(4,5)6)31-38(43)30-37-29-36(23-22-35(37)3)46-54-47-44(42(53-15)32-56(47)55-46)48(57)59-45-40(50(7,8)9)27-34(2)28-41(45)51(10,11)12/h22-25,29,31-32,34,40-41,45H,16-21,26-28,30,33H2,1-14H3,(H,54,55). The van der Waals surface area contributed by atoms with Crippen molar-refractivity contribution in [1.29, 1.82) is 0 Å². The number of unbranched alkanes of at least 4 members (excludes halogenated alkanes) is 5. The van der Waals surface area contributed by atoms with Crippen LogP contribution in [0.25, 0.3) is 21.9 Å². The van der Waals surface area contributed by atoms with Crippen LogP contribution in [0.4, 0.5) is 5.69 Å². The van der Waals surface area contributed by atoms with Gasteiger partial charge >= 0.3 is 5.97 Å². The van der Waals surface area contributed by atoms with E-state index in [2.05, 4.69) is 143 Å². The van der Waals surface area contributed by atoms with Crippen molar-refractivity contribution in [3.63, 3.8) is 0 Å². The van der Waals surface area contributed by atoms with Gasteiger partial charge in [0, 0.05) is 30.0 Å². The van der Waals surface area contributed by atoms with Crippen LogP contribution in [-0.4, -0.2) is 33.3 Å². The molecule has 7 heteroatoms. The lowest BCUT2D eigenvalue weighted by atomic mass is 9.59. The monoisotopic (exact) mass is 805 g/mol. The maximum absolute atomic E-state index is 14.4. The van der Waals surface area contributed by atoms with Crippen molar-refractivity contribution in [1.82, 2.24) is 14.6 Å². The highest BCUT2D eigenvalue weighted by molar-refractivity contribution is 6.03.